The van der Waals surface area contributed by atoms with Crippen molar-refractivity contribution in [3.8, 4) is 0 Å². The highest BCUT2D eigenvalue weighted by Gasteiger charge is 2.32. The van der Waals surface area contributed by atoms with Gasteiger partial charge in [0.1, 0.15) is 9.86 Å². The van der Waals surface area contributed by atoms with Gasteiger partial charge < -0.3 is 9.64 Å². The van der Waals surface area contributed by atoms with Crippen molar-refractivity contribution in [1.82, 2.24) is 19.9 Å². The molecule has 3 aromatic rings. The minimum absolute atomic E-state index is 0.201. The first-order valence-electron chi connectivity index (χ1n) is 11.5. The van der Waals surface area contributed by atoms with Crippen molar-refractivity contribution in [2.45, 2.75) is 75.3 Å². The molecule has 0 bridgehead atoms. The van der Waals surface area contributed by atoms with E-state index in [1.807, 2.05) is 11.2 Å². The molecule has 2 aliphatic rings. The number of ether oxygens (including phenoxy) is 1. The lowest BCUT2D eigenvalue weighted by Gasteiger charge is -2.33. The van der Waals surface area contributed by atoms with Gasteiger partial charge in [-0.25, -0.2) is 15.0 Å². The Bertz CT molecular complexity index is 1230. The zero-order valence-electron chi connectivity index (χ0n) is 19.9. The molecular formula is C24H30N4O2S3. The highest BCUT2D eigenvalue weighted by Crippen LogP contribution is 2.44. The third-order valence-corrected chi connectivity index (χ3v) is 9.11. The summed E-state index contributed by atoms with van der Waals surface area (Å²) in [6.07, 6.45) is 5.05. The largest absolute Gasteiger partial charge is 0.370 e. The Labute approximate surface area is 207 Å². The summed E-state index contributed by atoms with van der Waals surface area (Å²) in [7, 11) is 0. The molecule has 6 nitrogen and oxygen atoms in total. The summed E-state index contributed by atoms with van der Waals surface area (Å²) in [5.74, 6) is 0.934. The van der Waals surface area contributed by atoms with Crippen LogP contribution >= 0.6 is 34.9 Å². The van der Waals surface area contributed by atoms with Gasteiger partial charge in [-0.2, -0.15) is 0 Å². The SMILES string of the molecule is CSc1nc(SCC(=O)N2CCCC2)c2sc3nc(C(C)C)c4c(c3c2n1)CC(C)(C)OC4. The Balaban J connectivity index is 1.65. The predicted octanol–water partition coefficient (Wildman–Crippen LogP) is 5.65. The average Bonchev–Trinajstić information content (AvgIpc) is 3.44. The van der Waals surface area contributed by atoms with Crippen LogP contribution in [0, 0.1) is 0 Å². The van der Waals surface area contributed by atoms with Crippen molar-refractivity contribution in [1.29, 1.82) is 0 Å². The minimum Gasteiger partial charge on any atom is -0.370 e. The highest BCUT2D eigenvalue weighted by atomic mass is 32.2. The van der Waals surface area contributed by atoms with Gasteiger partial charge in [-0.05, 0) is 44.4 Å². The number of carbonyl (C=O) groups is 1. The molecule has 3 aromatic heterocycles. The Hall–Kier alpha value is -1.42. The minimum atomic E-state index is -0.223. The molecule has 33 heavy (non-hydrogen) atoms. The third-order valence-electron chi connectivity index (χ3n) is 6.39. The second kappa shape index (κ2) is 8.98. The Morgan fingerprint density at radius 2 is 1.94 bits per heavy atom. The van der Waals surface area contributed by atoms with Gasteiger partial charge in [0.15, 0.2) is 5.16 Å². The van der Waals surface area contributed by atoms with Crippen LogP contribution in [0.1, 0.15) is 63.3 Å². The quantitative estimate of drug-likeness (QED) is 0.254. The van der Waals surface area contributed by atoms with Gasteiger partial charge >= 0.3 is 0 Å². The van der Waals surface area contributed by atoms with Crippen molar-refractivity contribution in [3.63, 3.8) is 0 Å². The Kier molecular flexibility index (Phi) is 6.35. The van der Waals surface area contributed by atoms with E-state index in [4.69, 9.17) is 19.7 Å². The normalized spacial score (nSPS) is 17.9. The molecule has 0 N–H and O–H groups in total. The number of thiophene rings is 1. The molecule has 0 atom stereocenters. The van der Waals surface area contributed by atoms with E-state index in [1.165, 1.54) is 22.9 Å². The number of rotatable bonds is 5. The van der Waals surface area contributed by atoms with E-state index in [-0.39, 0.29) is 11.5 Å². The van der Waals surface area contributed by atoms with Gasteiger partial charge in [0.2, 0.25) is 5.91 Å². The second-order valence-electron chi connectivity index (χ2n) is 9.69. The van der Waals surface area contributed by atoms with E-state index in [0.717, 1.165) is 68.7 Å². The molecule has 1 saturated heterocycles. The summed E-state index contributed by atoms with van der Waals surface area (Å²) in [4.78, 5) is 30.6. The van der Waals surface area contributed by atoms with E-state index in [2.05, 4.69) is 27.7 Å². The number of amides is 1. The molecule has 0 radical (unpaired) electrons. The standard InChI is InChI=1S/C24H30N4O2S3/c1-13(2)18-15-11-30-24(3,4)10-14(15)17-19-20(33-21(17)25-18)22(27-23(26-19)31-5)32-12-16(29)28-8-6-7-9-28/h13H,6-12H2,1-5H3. The number of aromatic nitrogens is 3. The van der Waals surface area contributed by atoms with Gasteiger partial charge in [0, 0.05) is 30.5 Å². The van der Waals surface area contributed by atoms with Crippen LogP contribution in [0.15, 0.2) is 10.2 Å². The van der Waals surface area contributed by atoms with Crippen molar-refractivity contribution in [2.75, 3.05) is 25.1 Å². The highest BCUT2D eigenvalue weighted by molar-refractivity contribution is 8.00. The summed E-state index contributed by atoms with van der Waals surface area (Å²) < 4.78 is 7.23. The van der Waals surface area contributed by atoms with Crippen LogP contribution in [0.3, 0.4) is 0 Å². The van der Waals surface area contributed by atoms with Crippen molar-refractivity contribution in [3.05, 3.63) is 16.8 Å². The maximum absolute atomic E-state index is 12.7. The van der Waals surface area contributed by atoms with Crippen LogP contribution < -0.4 is 0 Å². The van der Waals surface area contributed by atoms with Gasteiger partial charge in [-0.3, -0.25) is 4.79 Å². The molecule has 0 aromatic carbocycles. The zero-order valence-corrected chi connectivity index (χ0v) is 22.3. The molecule has 0 spiro atoms. The second-order valence-corrected chi connectivity index (χ2v) is 12.4. The number of carbonyl (C=O) groups excluding carboxylic acids is 1. The van der Waals surface area contributed by atoms with Crippen molar-refractivity contribution < 1.29 is 9.53 Å². The van der Waals surface area contributed by atoms with Gasteiger partial charge in [0.05, 0.1) is 33.9 Å². The maximum Gasteiger partial charge on any atom is 0.232 e. The van der Waals surface area contributed by atoms with E-state index in [1.54, 1.807) is 23.1 Å². The molecule has 176 valence electrons. The van der Waals surface area contributed by atoms with Crippen LogP contribution in [-0.2, 0) is 22.6 Å². The number of nitrogens with zero attached hydrogens (tertiary/aromatic N) is 4. The molecule has 0 unspecified atom stereocenters. The van der Waals surface area contributed by atoms with Gasteiger partial charge in [0.25, 0.3) is 0 Å². The molecule has 0 aliphatic carbocycles. The zero-order chi connectivity index (χ0) is 23.3. The Morgan fingerprint density at radius 1 is 1.18 bits per heavy atom. The fourth-order valence-electron chi connectivity index (χ4n) is 4.71. The molecule has 1 fully saturated rings. The number of pyridine rings is 1. The maximum atomic E-state index is 12.7. The van der Waals surface area contributed by atoms with E-state index in [9.17, 15) is 4.79 Å². The number of thioether (sulfide) groups is 2. The van der Waals surface area contributed by atoms with Crippen molar-refractivity contribution in [2.24, 2.45) is 0 Å². The van der Waals surface area contributed by atoms with Gasteiger partial charge in [-0.15, -0.1) is 11.3 Å². The topological polar surface area (TPSA) is 68.2 Å². The first kappa shape index (κ1) is 23.3. The monoisotopic (exact) mass is 502 g/mol. The first-order valence-corrected chi connectivity index (χ1v) is 14.5. The van der Waals surface area contributed by atoms with E-state index < -0.39 is 0 Å². The summed E-state index contributed by atoms with van der Waals surface area (Å²) in [5.41, 5.74) is 4.41. The first-order chi connectivity index (χ1) is 15.8. The van der Waals surface area contributed by atoms with E-state index in [0.29, 0.717) is 18.3 Å². The van der Waals surface area contributed by atoms with Crippen LogP contribution in [0.2, 0.25) is 0 Å². The number of likely N-dealkylation sites (tertiary alicyclic amines) is 1. The molecule has 1 amide bonds. The number of fused-ring (bicyclic) bond motifs is 5. The summed E-state index contributed by atoms with van der Waals surface area (Å²) in [5, 5.41) is 2.79. The van der Waals surface area contributed by atoms with Crippen LogP contribution in [0.4, 0.5) is 0 Å². The molecule has 5 rings (SSSR count). The summed E-state index contributed by atoms with van der Waals surface area (Å²) in [6, 6.07) is 0. The van der Waals surface area contributed by atoms with Crippen LogP contribution in [-0.4, -0.2) is 56.5 Å². The third kappa shape index (κ3) is 4.37. The summed E-state index contributed by atoms with van der Waals surface area (Å²) in [6.45, 7) is 11.0. The van der Waals surface area contributed by atoms with Crippen molar-refractivity contribution >= 4 is 61.2 Å². The average molecular weight is 503 g/mol. The lowest BCUT2D eigenvalue weighted by atomic mass is 9.87. The molecule has 5 heterocycles. The van der Waals surface area contributed by atoms with E-state index >= 15 is 0 Å². The number of hydrogen-bond donors (Lipinski definition) is 0. The molecular weight excluding hydrogens is 472 g/mol. The molecule has 2 aliphatic heterocycles. The van der Waals surface area contributed by atoms with Gasteiger partial charge in [-0.1, -0.05) is 37.4 Å². The fraction of sp³-hybridized carbons (Fsp3) is 0.583. The lowest BCUT2D eigenvalue weighted by Crippen LogP contribution is -2.32. The van der Waals surface area contributed by atoms with Crippen LogP contribution in [0.25, 0.3) is 20.4 Å². The molecule has 0 saturated carbocycles. The predicted molar refractivity (Wildman–Crippen MR) is 138 cm³/mol. The Morgan fingerprint density at radius 3 is 2.64 bits per heavy atom. The van der Waals surface area contributed by atoms with Crippen LogP contribution in [0.5, 0.6) is 0 Å². The number of hydrogen-bond acceptors (Lipinski definition) is 8. The fourth-order valence-corrected chi connectivity index (χ4v) is 7.29. The lowest BCUT2D eigenvalue weighted by molar-refractivity contribution is -0.127. The smallest absolute Gasteiger partial charge is 0.232 e. The summed E-state index contributed by atoms with van der Waals surface area (Å²) >= 11 is 4.75. The molecule has 9 heteroatoms.